The van der Waals surface area contributed by atoms with Crippen LogP contribution < -0.4 is 14.9 Å². The van der Waals surface area contributed by atoms with E-state index in [2.05, 4.69) is 20.2 Å². The fraction of sp³-hybridized carbons (Fsp3) is 0.143. The number of nitrogens with zero attached hydrogens (tertiary/aromatic N) is 2. The molecule has 148 valence electrons. The molecule has 0 fully saturated rings. The Labute approximate surface area is 167 Å². The lowest BCUT2D eigenvalue weighted by Gasteiger charge is -2.08. The zero-order valence-electron chi connectivity index (χ0n) is 15.7. The average Bonchev–Trinajstić information content (AvgIpc) is 2.76. The lowest BCUT2D eigenvalue weighted by molar-refractivity contribution is -0.142. The number of benzene rings is 2. The summed E-state index contributed by atoms with van der Waals surface area (Å²) in [4.78, 5) is 27.5. The van der Waals surface area contributed by atoms with Crippen molar-refractivity contribution >= 4 is 29.0 Å². The van der Waals surface area contributed by atoms with Crippen LogP contribution in [0.25, 0.3) is 10.9 Å². The third-order valence-corrected chi connectivity index (χ3v) is 3.84. The molecule has 3 rings (SSSR count). The van der Waals surface area contributed by atoms with E-state index in [0.717, 1.165) is 5.39 Å². The number of hydrazone groups is 1. The van der Waals surface area contributed by atoms with Gasteiger partial charge in [-0.15, -0.1) is 0 Å². The summed E-state index contributed by atoms with van der Waals surface area (Å²) in [6, 6.07) is 16.2. The van der Waals surface area contributed by atoms with Gasteiger partial charge in [0.25, 0.3) is 5.91 Å². The molecule has 3 aromatic rings. The maximum atomic E-state index is 12.0. The molecule has 29 heavy (non-hydrogen) atoms. The van der Waals surface area contributed by atoms with Crippen LogP contribution in [-0.2, 0) is 14.3 Å². The molecular formula is C21H19N3O5. The van der Waals surface area contributed by atoms with Crippen LogP contribution in [-0.4, -0.2) is 43.4 Å². The fourth-order valence-corrected chi connectivity index (χ4v) is 2.46. The van der Waals surface area contributed by atoms with Crippen molar-refractivity contribution in [3.05, 3.63) is 66.4 Å². The van der Waals surface area contributed by atoms with Crippen molar-refractivity contribution in [1.29, 1.82) is 0 Å². The molecule has 1 amide bonds. The van der Waals surface area contributed by atoms with Gasteiger partial charge in [-0.2, -0.15) is 5.10 Å². The molecular weight excluding hydrogens is 374 g/mol. The Morgan fingerprint density at radius 3 is 2.62 bits per heavy atom. The minimum Gasteiger partial charge on any atom is -0.481 e. The van der Waals surface area contributed by atoms with Crippen molar-refractivity contribution in [2.75, 3.05) is 20.3 Å². The Morgan fingerprint density at radius 2 is 1.76 bits per heavy atom. The molecule has 2 aromatic carbocycles. The van der Waals surface area contributed by atoms with Gasteiger partial charge in [0.2, 0.25) is 0 Å². The van der Waals surface area contributed by atoms with E-state index in [4.69, 9.17) is 9.47 Å². The highest BCUT2D eigenvalue weighted by Gasteiger charge is 2.07. The highest BCUT2D eigenvalue weighted by molar-refractivity contribution is 5.87. The van der Waals surface area contributed by atoms with Gasteiger partial charge in [-0.05, 0) is 24.3 Å². The maximum Gasteiger partial charge on any atom is 0.343 e. The summed E-state index contributed by atoms with van der Waals surface area (Å²) in [6.45, 7) is -0.436. The van der Waals surface area contributed by atoms with Crippen LogP contribution >= 0.6 is 0 Å². The van der Waals surface area contributed by atoms with Crippen molar-refractivity contribution in [1.82, 2.24) is 10.4 Å². The van der Waals surface area contributed by atoms with Crippen molar-refractivity contribution in [3.63, 3.8) is 0 Å². The van der Waals surface area contributed by atoms with Crippen molar-refractivity contribution < 1.29 is 23.8 Å². The number of carbonyl (C=O) groups excluding carboxylic acids is 2. The molecule has 0 radical (unpaired) electrons. The van der Waals surface area contributed by atoms with Crippen LogP contribution in [0.1, 0.15) is 5.56 Å². The predicted octanol–water partition coefficient (Wildman–Crippen LogP) is 2.32. The minimum absolute atomic E-state index is 0.215. The molecule has 0 aliphatic rings. The lowest BCUT2D eigenvalue weighted by Crippen LogP contribution is -2.24. The number of hydrogen-bond acceptors (Lipinski definition) is 7. The lowest BCUT2D eigenvalue weighted by atomic mass is 10.2. The van der Waals surface area contributed by atoms with E-state index >= 15 is 0 Å². The zero-order chi connectivity index (χ0) is 20.5. The summed E-state index contributed by atoms with van der Waals surface area (Å²) in [7, 11) is 1.28. The summed E-state index contributed by atoms with van der Waals surface area (Å²) < 4.78 is 15.5. The number of methoxy groups -OCH3 is 1. The number of aromatic nitrogens is 1. The number of nitrogens with one attached hydrogen (secondary N) is 1. The first kappa shape index (κ1) is 19.8. The smallest absolute Gasteiger partial charge is 0.343 e. The van der Waals surface area contributed by atoms with Gasteiger partial charge in [0.1, 0.15) is 17.0 Å². The molecule has 0 unspecified atom stereocenters. The molecule has 0 atom stereocenters. The molecule has 1 aromatic heterocycles. The van der Waals surface area contributed by atoms with E-state index < -0.39 is 11.9 Å². The molecule has 0 saturated carbocycles. The van der Waals surface area contributed by atoms with Gasteiger partial charge in [0, 0.05) is 17.1 Å². The monoisotopic (exact) mass is 393 g/mol. The fourth-order valence-electron chi connectivity index (χ4n) is 2.46. The summed E-state index contributed by atoms with van der Waals surface area (Å²) >= 11 is 0. The molecule has 0 spiro atoms. The van der Waals surface area contributed by atoms with Crippen LogP contribution in [0.15, 0.2) is 65.9 Å². The van der Waals surface area contributed by atoms with E-state index in [1.807, 2.05) is 24.3 Å². The zero-order valence-corrected chi connectivity index (χ0v) is 15.7. The minimum atomic E-state index is -0.495. The van der Waals surface area contributed by atoms with Crippen LogP contribution in [0.4, 0.5) is 0 Å². The topological polar surface area (TPSA) is 99.1 Å². The van der Waals surface area contributed by atoms with E-state index in [-0.39, 0.29) is 13.2 Å². The second kappa shape index (κ2) is 9.84. The van der Waals surface area contributed by atoms with Gasteiger partial charge in [-0.1, -0.05) is 30.3 Å². The molecule has 0 aliphatic carbocycles. The third-order valence-electron chi connectivity index (χ3n) is 3.84. The molecule has 0 bridgehead atoms. The maximum absolute atomic E-state index is 12.0. The highest BCUT2D eigenvalue weighted by atomic mass is 16.6. The average molecular weight is 393 g/mol. The Morgan fingerprint density at radius 1 is 1.00 bits per heavy atom. The van der Waals surface area contributed by atoms with E-state index in [1.54, 1.807) is 36.5 Å². The summed E-state index contributed by atoms with van der Waals surface area (Å²) in [5.41, 5.74) is 3.67. The summed E-state index contributed by atoms with van der Waals surface area (Å²) in [6.07, 6.45) is 3.09. The van der Waals surface area contributed by atoms with Crippen LogP contribution in [0.5, 0.6) is 11.5 Å². The third kappa shape index (κ3) is 5.52. The highest BCUT2D eigenvalue weighted by Crippen LogP contribution is 2.22. The molecule has 8 heteroatoms. The number of pyridine rings is 1. The number of esters is 1. The molecule has 8 nitrogen and oxygen atoms in total. The molecule has 1 heterocycles. The van der Waals surface area contributed by atoms with E-state index in [1.165, 1.54) is 13.3 Å². The van der Waals surface area contributed by atoms with Crippen molar-refractivity contribution in [2.45, 2.75) is 0 Å². The Bertz CT molecular complexity index is 1030. The second-order valence-electron chi connectivity index (χ2n) is 5.82. The second-order valence-corrected chi connectivity index (χ2v) is 5.82. The first-order valence-electron chi connectivity index (χ1n) is 8.74. The Kier molecular flexibility index (Phi) is 6.72. The molecule has 1 N–H and O–H groups in total. The predicted molar refractivity (Wildman–Crippen MR) is 107 cm³/mol. The van der Waals surface area contributed by atoms with Gasteiger partial charge in [-0.3, -0.25) is 9.78 Å². The van der Waals surface area contributed by atoms with Crippen molar-refractivity contribution in [2.24, 2.45) is 5.10 Å². The first-order chi connectivity index (χ1) is 14.2. The van der Waals surface area contributed by atoms with Crippen LogP contribution in [0, 0.1) is 0 Å². The number of fused-ring (bicyclic) bond motifs is 1. The van der Waals surface area contributed by atoms with Crippen LogP contribution in [0.3, 0.4) is 0 Å². The van der Waals surface area contributed by atoms with Gasteiger partial charge >= 0.3 is 5.97 Å². The number of rotatable bonds is 8. The number of amides is 1. The van der Waals surface area contributed by atoms with Gasteiger partial charge in [0.05, 0.1) is 13.3 Å². The quantitative estimate of drug-likeness (QED) is 0.358. The Hall–Kier alpha value is -3.94. The van der Waals surface area contributed by atoms with E-state index in [0.29, 0.717) is 22.6 Å². The largest absolute Gasteiger partial charge is 0.481 e. The summed E-state index contributed by atoms with van der Waals surface area (Å²) in [5.74, 6) is 0.0324. The molecule has 0 aliphatic heterocycles. The number of hydrogen-bond donors (Lipinski definition) is 1. The van der Waals surface area contributed by atoms with Gasteiger partial charge in [0.15, 0.2) is 13.2 Å². The molecule has 0 saturated heterocycles. The number of ether oxygens (including phenoxy) is 3. The van der Waals surface area contributed by atoms with Gasteiger partial charge < -0.3 is 14.2 Å². The number of carbonyl (C=O) groups is 2. The van der Waals surface area contributed by atoms with Crippen LogP contribution in [0.2, 0.25) is 0 Å². The Balaban J connectivity index is 1.55. The normalized spacial score (nSPS) is 10.7. The van der Waals surface area contributed by atoms with E-state index in [9.17, 15) is 9.59 Å². The van der Waals surface area contributed by atoms with Gasteiger partial charge in [-0.25, -0.2) is 10.2 Å². The SMILES string of the molecule is COC(=O)COc1ccccc1/C=N/NC(=O)COc1cccc2cccnc12. The number of para-hydroxylation sites is 2. The summed E-state index contributed by atoms with van der Waals surface area (Å²) in [5, 5.41) is 4.83. The first-order valence-corrected chi connectivity index (χ1v) is 8.74. The standard InChI is InChI=1S/C21H19N3O5/c1-27-20(26)14-29-17-9-3-2-6-16(17)12-23-24-19(25)13-28-18-10-4-7-15-8-5-11-22-21(15)18/h2-12H,13-14H2,1H3,(H,24,25)/b23-12+. The van der Waals surface area contributed by atoms with Crippen molar-refractivity contribution in [3.8, 4) is 11.5 Å².